The zero-order valence-electron chi connectivity index (χ0n) is 23.3. The van der Waals surface area contributed by atoms with Crippen LogP contribution in [0.25, 0.3) is 0 Å². The van der Waals surface area contributed by atoms with E-state index >= 15 is 0 Å². The number of allylic oxidation sites excluding steroid dienone is 1. The molecule has 1 unspecified atom stereocenters. The van der Waals surface area contributed by atoms with Gasteiger partial charge >= 0.3 is 23.9 Å². The van der Waals surface area contributed by atoms with Crippen molar-refractivity contribution in [2.75, 3.05) is 0 Å². The first-order chi connectivity index (χ1) is 17.4. The predicted molar refractivity (Wildman–Crippen MR) is 133 cm³/mol. The lowest BCUT2D eigenvalue weighted by Gasteiger charge is -2.60. The zero-order valence-corrected chi connectivity index (χ0v) is 23.3. The molecule has 10 heteroatoms. The average Bonchev–Trinajstić information content (AvgIpc) is 2.75. The number of Topliss-reactive ketones (excluding diaryl/α,β-unsaturated/α-hetero) is 1. The Morgan fingerprint density at radius 2 is 1.42 bits per heavy atom. The Kier molecular flexibility index (Phi) is 7.99. The Bertz CT molecular complexity index is 1100. The molecule has 1 N–H and O–H groups in total. The van der Waals surface area contributed by atoms with Crippen LogP contribution < -0.4 is 0 Å². The van der Waals surface area contributed by atoms with Crippen molar-refractivity contribution in [1.29, 1.82) is 0 Å². The number of hydrogen-bond acceptors (Lipinski definition) is 10. The summed E-state index contributed by atoms with van der Waals surface area (Å²) in [5, 5.41) is 11.1. The minimum absolute atomic E-state index is 0.0134. The molecular weight excluding hydrogens is 496 g/mol. The first kappa shape index (κ1) is 29.5. The summed E-state index contributed by atoms with van der Waals surface area (Å²) in [6.07, 6.45) is -5.81. The first-order valence-electron chi connectivity index (χ1n) is 12.7. The molecule has 2 bridgehead atoms. The number of esters is 4. The molecule has 8 atom stereocenters. The lowest BCUT2D eigenvalue weighted by Crippen LogP contribution is -2.68. The van der Waals surface area contributed by atoms with E-state index < -0.39 is 77.1 Å². The van der Waals surface area contributed by atoms with E-state index in [1.807, 2.05) is 13.8 Å². The number of aliphatic hydroxyl groups excluding tert-OH is 1. The maximum absolute atomic E-state index is 13.4. The highest BCUT2D eigenvalue weighted by Gasteiger charge is 2.67. The Morgan fingerprint density at radius 1 is 0.895 bits per heavy atom. The summed E-state index contributed by atoms with van der Waals surface area (Å²) in [5.41, 5.74) is -1.21. The monoisotopic (exact) mass is 534 g/mol. The van der Waals surface area contributed by atoms with Gasteiger partial charge in [-0.3, -0.25) is 24.0 Å². The topological polar surface area (TPSA) is 143 Å². The van der Waals surface area contributed by atoms with Crippen molar-refractivity contribution in [3.63, 3.8) is 0 Å². The SMILES string of the molecule is C=C1[C@@H](O)C[C@H](OC(C)=O)[C@@]2(C)[C@@H](OC(C)=O)[C@H](OC(C)=O)C3=C(C)C(=O)CC([C@@H](OC(C)=O)[C@H]12)C3(C)C. The van der Waals surface area contributed by atoms with Crippen molar-refractivity contribution >= 4 is 29.7 Å². The van der Waals surface area contributed by atoms with Gasteiger partial charge in [-0.05, 0) is 29.1 Å². The van der Waals surface area contributed by atoms with Crippen LogP contribution in [-0.4, -0.2) is 65.3 Å². The van der Waals surface area contributed by atoms with Crippen LogP contribution in [0.3, 0.4) is 0 Å². The average molecular weight is 535 g/mol. The Balaban J connectivity index is 2.50. The molecule has 38 heavy (non-hydrogen) atoms. The van der Waals surface area contributed by atoms with E-state index in [0.717, 1.165) is 0 Å². The minimum Gasteiger partial charge on any atom is -0.462 e. The summed E-state index contributed by atoms with van der Waals surface area (Å²) < 4.78 is 23.4. The molecule has 0 saturated heterocycles. The van der Waals surface area contributed by atoms with E-state index in [1.165, 1.54) is 27.7 Å². The fourth-order valence-corrected chi connectivity index (χ4v) is 6.98. The number of hydrogen-bond donors (Lipinski definition) is 1. The summed E-state index contributed by atoms with van der Waals surface area (Å²) in [4.78, 5) is 63.1. The van der Waals surface area contributed by atoms with Crippen molar-refractivity contribution < 1.29 is 48.0 Å². The smallest absolute Gasteiger partial charge is 0.303 e. The van der Waals surface area contributed by atoms with Crippen LogP contribution in [0.15, 0.2) is 23.3 Å². The molecule has 3 aliphatic carbocycles. The van der Waals surface area contributed by atoms with Crippen LogP contribution in [0.1, 0.15) is 68.2 Å². The van der Waals surface area contributed by atoms with E-state index in [-0.39, 0.29) is 24.2 Å². The molecule has 0 radical (unpaired) electrons. The van der Waals surface area contributed by atoms with Gasteiger partial charge in [-0.2, -0.15) is 0 Å². The summed E-state index contributed by atoms with van der Waals surface area (Å²) in [7, 11) is 0. The van der Waals surface area contributed by atoms with Crippen LogP contribution in [0.5, 0.6) is 0 Å². The maximum Gasteiger partial charge on any atom is 0.303 e. The molecule has 0 aromatic heterocycles. The molecular formula is C28H38O10. The lowest BCUT2D eigenvalue weighted by molar-refractivity contribution is -0.227. The van der Waals surface area contributed by atoms with Crippen LogP contribution >= 0.6 is 0 Å². The summed E-state index contributed by atoms with van der Waals surface area (Å²) in [6.45, 7) is 16.0. The van der Waals surface area contributed by atoms with Crippen LogP contribution in [0.4, 0.5) is 0 Å². The molecule has 0 heterocycles. The van der Waals surface area contributed by atoms with Gasteiger partial charge < -0.3 is 24.1 Å². The van der Waals surface area contributed by atoms with E-state index in [1.54, 1.807) is 13.8 Å². The molecule has 10 nitrogen and oxygen atoms in total. The highest BCUT2D eigenvalue weighted by molar-refractivity contribution is 5.97. The van der Waals surface area contributed by atoms with Gasteiger partial charge in [-0.25, -0.2) is 0 Å². The largest absolute Gasteiger partial charge is 0.462 e. The van der Waals surface area contributed by atoms with E-state index in [4.69, 9.17) is 18.9 Å². The summed E-state index contributed by atoms with van der Waals surface area (Å²) >= 11 is 0. The van der Waals surface area contributed by atoms with E-state index in [0.29, 0.717) is 11.1 Å². The summed E-state index contributed by atoms with van der Waals surface area (Å²) in [6, 6.07) is 0. The second-order valence-corrected chi connectivity index (χ2v) is 11.4. The van der Waals surface area contributed by atoms with Gasteiger partial charge in [-0.15, -0.1) is 0 Å². The Labute approximate surface area is 222 Å². The molecule has 0 amide bonds. The standard InChI is InChI=1S/C28H38O10/c1-12-19(33)10-18-24(36-15(4)30)23-13(2)20(34)11-21(35-14(3)29)28(23,9)26(38-17(6)32)25(37-16(5)31)22(12)27(18,7)8/h18,20-21,23-26,34H,2,10-11H2,1,3-9H3/t18?,20-,21-,23-,24+,25+,26-,28+/m0/s1. The minimum atomic E-state index is -1.39. The number of carbonyl (C=O) groups excluding carboxylic acids is 5. The van der Waals surface area contributed by atoms with Crippen molar-refractivity contribution in [1.82, 2.24) is 0 Å². The number of aliphatic hydroxyl groups is 1. The van der Waals surface area contributed by atoms with Gasteiger partial charge in [0.1, 0.15) is 12.2 Å². The highest BCUT2D eigenvalue weighted by Crippen LogP contribution is 2.60. The van der Waals surface area contributed by atoms with Crippen LogP contribution in [0, 0.1) is 22.7 Å². The molecule has 3 rings (SSSR count). The number of ketones is 1. The number of fused-ring (bicyclic) bond motifs is 3. The molecule has 2 fully saturated rings. The number of carbonyl (C=O) groups is 5. The van der Waals surface area contributed by atoms with Crippen molar-refractivity contribution in [2.24, 2.45) is 22.7 Å². The Morgan fingerprint density at radius 3 is 1.92 bits per heavy atom. The van der Waals surface area contributed by atoms with Gasteiger partial charge in [0.05, 0.1) is 11.5 Å². The van der Waals surface area contributed by atoms with Crippen molar-refractivity contribution in [2.45, 2.75) is 98.8 Å². The second kappa shape index (κ2) is 10.3. The summed E-state index contributed by atoms with van der Waals surface area (Å²) in [5.74, 6) is -4.44. The molecule has 3 aliphatic rings. The van der Waals surface area contributed by atoms with Gasteiger partial charge in [0.15, 0.2) is 18.0 Å². The lowest BCUT2D eigenvalue weighted by atomic mass is 9.48. The van der Waals surface area contributed by atoms with Gasteiger partial charge in [0.2, 0.25) is 0 Å². The van der Waals surface area contributed by atoms with E-state index in [2.05, 4.69) is 6.58 Å². The molecule has 2 saturated carbocycles. The second-order valence-electron chi connectivity index (χ2n) is 11.4. The third kappa shape index (κ3) is 4.90. The predicted octanol–water partition coefficient (Wildman–Crippen LogP) is 2.60. The quantitative estimate of drug-likeness (QED) is 0.325. The van der Waals surface area contributed by atoms with Crippen molar-refractivity contribution in [3.8, 4) is 0 Å². The van der Waals surface area contributed by atoms with Crippen molar-refractivity contribution in [3.05, 3.63) is 23.3 Å². The van der Waals surface area contributed by atoms with Gasteiger partial charge in [0.25, 0.3) is 0 Å². The maximum atomic E-state index is 13.4. The zero-order chi connectivity index (χ0) is 28.9. The molecule has 0 aromatic carbocycles. The van der Waals surface area contributed by atoms with Crippen LogP contribution in [0.2, 0.25) is 0 Å². The molecule has 0 aromatic rings. The first-order valence-corrected chi connectivity index (χ1v) is 12.7. The number of ether oxygens (including phenoxy) is 4. The highest BCUT2D eigenvalue weighted by atomic mass is 16.6. The van der Waals surface area contributed by atoms with Gasteiger partial charge in [-0.1, -0.05) is 27.4 Å². The third-order valence-electron chi connectivity index (χ3n) is 8.57. The normalized spacial score (nSPS) is 36.3. The van der Waals surface area contributed by atoms with Gasteiger partial charge in [0, 0.05) is 52.4 Å². The Hall–Kier alpha value is -3.01. The third-order valence-corrected chi connectivity index (χ3v) is 8.57. The van der Waals surface area contributed by atoms with Crippen LogP contribution in [-0.2, 0) is 42.9 Å². The van der Waals surface area contributed by atoms with E-state index in [9.17, 15) is 29.1 Å². The molecule has 0 aliphatic heterocycles. The fourth-order valence-electron chi connectivity index (χ4n) is 6.98. The molecule has 210 valence electrons. The number of rotatable bonds is 4. The fraction of sp³-hybridized carbons (Fsp3) is 0.679. The molecule has 0 spiro atoms.